The van der Waals surface area contributed by atoms with Gasteiger partial charge in [0.05, 0.1) is 6.10 Å². The van der Waals surface area contributed by atoms with E-state index in [1.807, 2.05) is 13.2 Å². The molecule has 1 amide bonds. The number of rotatable bonds is 2. The molecule has 2 heterocycles. The van der Waals surface area contributed by atoms with E-state index in [4.69, 9.17) is 4.74 Å². The van der Waals surface area contributed by atoms with E-state index in [1.165, 1.54) is 0 Å². The molecule has 1 N–H and O–H groups in total. The minimum atomic E-state index is -0.604. The molecule has 0 spiro atoms. The van der Waals surface area contributed by atoms with Crippen molar-refractivity contribution in [2.45, 2.75) is 12.2 Å². The summed E-state index contributed by atoms with van der Waals surface area (Å²) < 4.78 is 7.75. The number of methoxy groups -OCH3 is 1. The third kappa shape index (κ3) is 2.38. The van der Waals surface area contributed by atoms with Crippen LogP contribution in [-0.2, 0) is 11.8 Å². The molecule has 1 aromatic rings. The summed E-state index contributed by atoms with van der Waals surface area (Å²) in [5.41, 5.74) is 0.598. The van der Waals surface area contributed by atoms with Crippen LogP contribution in [0.4, 0.5) is 0 Å². The van der Waals surface area contributed by atoms with E-state index in [0.29, 0.717) is 18.8 Å². The van der Waals surface area contributed by atoms with Gasteiger partial charge in [-0.05, 0) is 22.0 Å². The summed E-state index contributed by atoms with van der Waals surface area (Å²) in [6.45, 7) is 0.749. The number of carbonyl (C=O) groups excluding carboxylic acids is 1. The van der Waals surface area contributed by atoms with E-state index in [-0.39, 0.29) is 12.0 Å². The number of β-amino-alcohol motifs (C(OH)–C–C–N with tert-alkyl or cyclic N) is 1. The Morgan fingerprint density at radius 1 is 1.59 bits per heavy atom. The van der Waals surface area contributed by atoms with Crippen molar-refractivity contribution in [3.63, 3.8) is 0 Å². The summed E-state index contributed by atoms with van der Waals surface area (Å²) in [4.78, 5) is 13.8. The minimum absolute atomic E-state index is 0.0863. The molecule has 1 saturated heterocycles. The van der Waals surface area contributed by atoms with E-state index in [1.54, 1.807) is 22.6 Å². The Bertz CT molecular complexity index is 432. The molecule has 0 radical (unpaired) electrons. The van der Waals surface area contributed by atoms with Gasteiger partial charge in [0.1, 0.15) is 11.8 Å². The SMILES string of the molecule is CO[C@@H]1CN(C(=O)c2cc(Br)cn2C)C[C@H]1O. The normalized spacial score (nSPS) is 24.4. The highest BCUT2D eigenvalue weighted by Crippen LogP contribution is 2.19. The van der Waals surface area contributed by atoms with Crippen LogP contribution < -0.4 is 0 Å². The number of likely N-dealkylation sites (tertiary alicyclic amines) is 1. The van der Waals surface area contributed by atoms with E-state index in [9.17, 15) is 9.90 Å². The Morgan fingerprint density at radius 3 is 2.76 bits per heavy atom. The standard InChI is InChI=1S/C11H15BrN2O3/c1-13-4-7(12)3-8(13)11(16)14-5-9(15)10(6-14)17-2/h3-4,9-10,15H,5-6H2,1-2H3/t9-,10-/m1/s1. The average Bonchev–Trinajstić information content (AvgIpc) is 2.80. The maximum atomic E-state index is 12.2. The lowest BCUT2D eigenvalue weighted by atomic mass is 10.3. The van der Waals surface area contributed by atoms with Gasteiger partial charge in [0.2, 0.25) is 0 Å². The number of aryl methyl sites for hydroxylation is 1. The van der Waals surface area contributed by atoms with Gasteiger partial charge in [-0.1, -0.05) is 0 Å². The number of aliphatic hydroxyl groups excluding tert-OH is 1. The van der Waals surface area contributed by atoms with Crippen LogP contribution in [0.3, 0.4) is 0 Å². The zero-order valence-electron chi connectivity index (χ0n) is 9.76. The molecule has 6 heteroatoms. The first-order valence-corrected chi connectivity index (χ1v) is 6.14. The fourth-order valence-corrected chi connectivity index (χ4v) is 2.58. The molecule has 2 atom stereocenters. The van der Waals surface area contributed by atoms with E-state index >= 15 is 0 Å². The van der Waals surface area contributed by atoms with Gasteiger partial charge in [-0.2, -0.15) is 0 Å². The highest BCUT2D eigenvalue weighted by molar-refractivity contribution is 9.10. The molecular formula is C11H15BrN2O3. The number of carbonyl (C=O) groups is 1. The summed E-state index contributed by atoms with van der Waals surface area (Å²) in [5, 5.41) is 9.69. The Labute approximate surface area is 108 Å². The molecule has 0 bridgehead atoms. The molecule has 0 unspecified atom stereocenters. The quantitative estimate of drug-likeness (QED) is 0.871. The Morgan fingerprint density at radius 2 is 2.29 bits per heavy atom. The number of hydrogen-bond acceptors (Lipinski definition) is 3. The van der Waals surface area contributed by atoms with Crippen LogP contribution >= 0.6 is 15.9 Å². The summed E-state index contributed by atoms with van der Waals surface area (Å²) in [7, 11) is 3.36. The number of ether oxygens (including phenoxy) is 1. The Hall–Kier alpha value is -0.850. The van der Waals surface area contributed by atoms with Gasteiger partial charge in [0, 0.05) is 37.9 Å². The molecule has 2 rings (SSSR count). The maximum Gasteiger partial charge on any atom is 0.270 e. The highest BCUT2D eigenvalue weighted by Gasteiger charge is 2.35. The van der Waals surface area contributed by atoms with Crippen LogP contribution in [0.2, 0.25) is 0 Å². The number of halogens is 1. The molecule has 1 aromatic heterocycles. The van der Waals surface area contributed by atoms with Crippen LogP contribution in [0.1, 0.15) is 10.5 Å². The van der Waals surface area contributed by atoms with Crippen molar-refractivity contribution >= 4 is 21.8 Å². The Balaban J connectivity index is 2.14. The van der Waals surface area contributed by atoms with Crippen molar-refractivity contribution < 1.29 is 14.6 Å². The first-order chi connectivity index (χ1) is 8.02. The second kappa shape index (κ2) is 4.80. The zero-order chi connectivity index (χ0) is 12.6. The molecule has 0 aliphatic carbocycles. The molecule has 1 aliphatic rings. The molecule has 17 heavy (non-hydrogen) atoms. The molecule has 1 fully saturated rings. The lowest BCUT2D eigenvalue weighted by molar-refractivity contribution is 0.0215. The smallest absolute Gasteiger partial charge is 0.270 e. The average molecular weight is 303 g/mol. The van der Waals surface area contributed by atoms with Gasteiger partial charge in [-0.15, -0.1) is 0 Å². The second-order valence-electron chi connectivity index (χ2n) is 4.21. The van der Waals surface area contributed by atoms with Crippen molar-refractivity contribution in [3.05, 3.63) is 22.4 Å². The van der Waals surface area contributed by atoms with Gasteiger partial charge in [-0.25, -0.2) is 0 Å². The molecule has 5 nitrogen and oxygen atoms in total. The predicted molar refractivity (Wildman–Crippen MR) is 65.8 cm³/mol. The summed E-state index contributed by atoms with van der Waals surface area (Å²) in [6.07, 6.45) is 0.934. The van der Waals surface area contributed by atoms with Crippen molar-refractivity contribution in [1.29, 1.82) is 0 Å². The largest absolute Gasteiger partial charge is 0.388 e. The number of aromatic nitrogens is 1. The van der Waals surface area contributed by atoms with Crippen LogP contribution in [0, 0.1) is 0 Å². The molecule has 0 saturated carbocycles. The number of aliphatic hydroxyl groups is 1. The number of nitrogens with zero attached hydrogens (tertiary/aromatic N) is 2. The number of amides is 1. The molecule has 1 aliphatic heterocycles. The maximum absolute atomic E-state index is 12.2. The molecule has 0 aromatic carbocycles. The first kappa shape index (κ1) is 12.6. The highest BCUT2D eigenvalue weighted by atomic mass is 79.9. The fourth-order valence-electron chi connectivity index (χ4n) is 2.05. The number of hydrogen-bond donors (Lipinski definition) is 1. The van der Waals surface area contributed by atoms with Gasteiger partial charge in [0.25, 0.3) is 5.91 Å². The summed E-state index contributed by atoms with van der Waals surface area (Å²) in [6, 6.07) is 1.77. The molecular weight excluding hydrogens is 288 g/mol. The monoisotopic (exact) mass is 302 g/mol. The predicted octanol–water partition coefficient (Wildman–Crippen LogP) is 0.619. The van der Waals surface area contributed by atoms with E-state index in [2.05, 4.69) is 15.9 Å². The minimum Gasteiger partial charge on any atom is -0.388 e. The van der Waals surface area contributed by atoms with E-state index < -0.39 is 6.10 Å². The summed E-state index contributed by atoms with van der Waals surface area (Å²) in [5.74, 6) is -0.0863. The zero-order valence-corrected chi connectivity index (χ0v) is 11.3. The lowest BCUT2D eigenvalue weighted by Gasteiger charge is -2.15. The van der Waals surface area contributed by atoms with Crippen molar-refractivity contribution in [2.75, 3.05) is 20.2 Å². The lowest BCUT2D eigenvalue weighted by Crippen LogP contribution is -2.31. The topological polar surface area (TPSA) is 54.7 Å². The van der Waals surface area contributed by atoms with Gasteiger partial charge in [0.15, 0.2) is 0 Å². The second-order valence-corrected chi connectivity index (χ2v) is 5.12. The first-order valence-electron chi connectivity index (χ1n) is 5.35. The fraction of sp³-hybridized carbons (Fsp3) is 0.545. The third-order valence-electron chi connectivity index (χ3n) is 3.02. The third-order valence-corrected chi connectivity index (χ3v) is 3.45. The van der Waals surface area contributed by atoms with Crippen LogP contribution in [0.15, 0.2) is 16.7 Å². The van der Waals surface area contributed by atoms with Crippen molar-refractivity contribution in [3.8, 4) is 0 Å². The molecule has 94 valence electrons. The van der Waals surface area contributed by atoms with Crippen molar-refractivity contribution in [2.24, 2.45) is 7.05 Å². The van der Waals surface area contributed by atoms with Crippen LogP contribution in [0.25, 0.3) is 0 Å². The van der Waals surface area contributed by atoms with Crippen LogP contribution in [0.5, 0.6) is 0 Å². The van der Waals surface area contributed by atoms with Crippen LogP contribution in [-0.4, -0.2) is 52.9 Å². The van der Waals surface area contributed by atoms with Gasteiger partial charge >= 0.3 is 0 Å². The Kier molecular flexibility index (Phi) is 3.56. The van der Waals surface area contributed by atoms with E-state index in [0.717, 1.165) is 4.47 Å². The van der Waals surface area contributed by atoms with Gasteiger partial charge in [-0.3, -0.25) is 4.79 Å². The summed E-state index contributed by atoms with van der Waals surface area (Å²) >= 11 is 3.33. The van der Waals surface area contributed by atoms with Crippen molar-refractivity contribution in [1.82, 2.24) is 9.47 Å². The van der Waals surface area contributed by atoms with Gasteiger partial charge < -0.3 is 19.3 Å².